The molecule has 8 nitrogen and oxygen atoms in total. The Morgan fingerprint density at radius 1 is 1.02 bits per heavy atom. The van der Waals surface area contributed by atoms with Crippen molar-refractivity contribution < 1.29 is 23.8 Å². The Labute approximate surface area is 254 Å². The number of thiazole rings is 1. The number of hydrogen-bond acceptors (Lipinski definition) is 7. The normalized spacial score (nSPS) is 14.7. The van der Waals surface area contributed by atoms with Gasteiger partial charge >= 0.3 is 11.9 Å². The number of hydrogen-bond donors (Lipinski definition) is 1. The average molecular weight is 611 g/mol. The molecule has 0 spiro atoms. The van der Waals surface area contributed by atoms with E-state index in [0.29, 0.717) is 32.1 Å². The number of fused-ring (bicyclic) bond motifs is 1. The molecule has 0 aliphatic carbocycles. The van der Waals surface area contributed by atoms with Crippen molar-refractivity contribution in [3.63, 3.8) is 0 Å². The number of halogens is 1. The molecule has 1 N–H and O–H groups in total. The number of aromatic carboxylic acids is 1. The van der Waals surface area contributed by atoms with Crippen molar-refractivity contribution in [3.8, 4) is 11.3 Å². The summed E-state index contributed by atoms with van der Waals surface area (Å²) in [5, 5.41) is 9.34. The summed E-state index contributed by atoms with van der Waals surface area (Å²) in [6.45, 7) is 1.90. The molecule has 0 saturated carbocycles. The molecule has 2 aromatic heterocycles. The van der Waals surface area contributed by atoms with Crippen LogP contribution in [0.2, 0.25) is 5.02 Å². The van der Waals surface area contributed by atoms with Crippen molar-refractivity contribution >= 4 is 46.6 Å². The van der Waals surface area contributed by atoms with Crippen LogP contribution in [0.4, 0.5) is 0 Å². The molecular formula is C33H23ClN2O6S. The second-order valence-electron chi connectivity index (χ2n) is 9.54. The molecule has 1 aliphatic heterocycles. The minimum absolute atomic E-state index is 0.0108. The minimum atomic E-state index is -1.12. The summed E-state index contributed by atoms with van der Waals surface area (Å²) in [6, 6.07) is 25.9. The van der Waals surface area contributed by atoms with E-state index in [-0.39, 0.29) is 28.3 Å². The van der Waals surface area contributed by atoms with Gasteiger partial charge in [-0.25, -0.2) is 14.6 Å². The first-order valence-corrected chi connectivity index (χ1v) is 14.5. The van der Waals surface area contributed by atoms with Gasteiger partial charge in [0.15, 0.2) is 4.80 Å². The quantitative estimate of drug-likeness (QED) is 0.242. The SMILES string of the molecule is CCOC(=O)C1=C(c2ccccc2)N=c2s/c(=C\c3ccc(-c4ccc(C(=O)O)c(Cl)c4)o3)c(=O)n2[C@@H]1c1ccccc1. The second kappa shape index (κ2) is 11.7. The highest BCUT2D eigenvalue weighted by Crippen LogP contribution is 2.35. The number of carbonyl (C=O) groups is 2. The lowest BCUT2D eigenvalue weighted by Gasteiger charge is -2.25. The van der Waals surface area contributed by atoms with E-state index in [2.05, 4.69) is 0 Å². The summed E-state index contributed by atoms with van der Waals surface area (Å²) < 4.78 is 13.4. The fourth-order valence-electron chi connectivity index (χ4n) is 4.95. The fraction of sp³-hybridized carbons (Fsp3) is 0.0909. The average Bonchev–Trinajstić information content (AvgIpc) is 3.61. The third-order valence-corrected chi connectivity index (χ3v) is 8.17. The molecule has 0 amide bonds. The number of rotatable bonds is 7. The number of esters is 1. The summed E-state index contributed by atoms with van der Waals surface area (Å²) >= 11 is 7.33. The van der Waals surface area contributed by atoms with Gasteiger partial charge in [-0.3, -0.25) is 9.36 Å². The Morgan fingerprint density at radius 3 is 2.42 bits per heavy atom. The molecule has 0 saturated heterocycles. The third kappa shape index (κ3) is 5.36. The van der Waals surface area contributed by atoms with E-state index in [1.54, 1.807) is 31.2 Å². The molecule has 0 unspecified atom stereocenters. The molecule has 214 valence electrons. The van der Waals surface area contributed by atoms with Crippen LogP contribution in [-0.2, 0) is 9.53 Å². The van der Waals surface area contributed by atoms with Crippen molar-refractivity contribution in [2.24, 2.45) is 4.99 Å². The molecule has 0 fully saturated rings. The smallest absolute Gasteiger partial charge is 0.338 e. The minimum Gasteiger partial charge on any atom is -0.478 e. The molecule has 5 aromatic rings. The highest BCUT2D eigenvalue weighted by molar-refractivity contribution is 7.07. The lowest BCUT2D eigenvalue weighted by molar-refractivity contribution is -0.138. The topological polar surface area (TPSA) is 111 Å². The summed E-state index contributed by atoms with van der Waals surface area (Å²) in [4.78, 5) is 44.1. The predicted molar refractivity (Wildman–Crippen MR) is 164 cm³/mol. The van der Waals surface area contributed by atoms with Crippen LogP contribution in [0.3, 0.4) is 0 Å². The Balaban J connectivity index is 1.51. The van der Waals surface area contributed by atoms with E-state index in [0.717, 1.165) is 11.1 Å². The molecular weight excluding hydrogens is 588 g/mol. The van der Waals surface area contributed by atoms with Crippen LogP contribution < -0.4 is 14.9 Å². The standard InChI is InChI=1S/C33H23ClN2O6S/c1-2-41-32(40)27-28(19-9-5-3-6-10-19)35-33-36(29(27)20-11-7-4-8-12-20)30(37)26(43-33)18-22-14-16-25(42-22)21-13-15-23(31(38)39)24(34)17-21/h3-18,29H,2H2,1H3,(H,38,39)/b26-18-/t29-/m1/s1. The van der Waals surface area contributed by atoms with Crippen molar-refractivity contribution in [2.45, 2.75) is 13.0 Å². The highest BCUT2D eigenvalue weighted by Gasteiger charge is 2.35. The van der Waals surface area contributed by atoms with E-state index in [1.165, 1.54) is 28.0 Å². The fourth-order valence-corrected chi connectivity index (χ4v) is 6.19. The first kappa shape index (κ1) is 28.1. The van der Waals surface area contributed by atoms with Gasteiger partial charge in [-0.2, -0.15) is 0 Å². The van der Waals surface area contributed by atoms with Crippen molar-refractivity contribution in [1.29, 1.82) is 0 Å². The summed E-state index contributed by atoms with van der Waals surface area (Å²) in [5.41, 5.74) is 2.44. The zero-order valence-corrected chi connectivity index (χ0v) is 24.3. The van der Waals surface area contributed by atoms with Crippen LogP contribution in [0.5, 0.6) is 0 Å². The maximum Gasteiger partial charge on any atom is 0.338 e. The van der Waals surface area contributed by atoms with Gasteiger partial charge in [-0.05, 0) is 36.8 Å². The van der Waals surface area contributed by atoms with Crippen molar-refractivity contribution in [3.05, 3.63) is 144 Å². The Kier molecular flexibility index (Phi) is 7.67. The predicted octanol–water partition coefficient (Wildman–Crippen LogP) is 5.55. The van der Waals surface area contributed by atoms with Gasteiger partial charge in [0.05, 0.1) is 39.0 Å². The number of carboxylic acid groups (broad SMARTS) is 1. The van der Waals surface area contributed by atoms with E-state index < -0.39 is 18.0 Å². The number of ether oxygens (including phenoxy) is 1. The van der Waals surface area contributed by atoms with E-state index in [1.807, 2.05) is 60.7 Å². The number of benzene rings is 3. The first-order valence-electron chi connectivity index (χ1n) is 13.3. The number of aromatic nitrogens is 1. The molecule has 3 heterocycles. The number of carboxylic acids is 1. The van der Waals surface area contributed by atoms with Crippen LogP contribution in [0, 0.1) is 0 Å². The van der Waals surface area contributed by atoms with Crippen LogP contribution in [0.25, 0.3) is 23.1 Å². The van der Waals surface area contributed by atoms with Crippen LogP contribution in [0.1, 0.15) is 40.2 Å². The van der Waals surface area contributed by atoms with Gasteiger partial charge in [-0.15, -0.1) is 0 Å². The monoisotopic (exact) mass is 610 g/mol. The van der Waals surface area contributed by atoms with Gasteiger partial charge in [-0.1, -0.05) is 89.7 Å². The largest absolute Gasteiger partial charge is 0.478 e. The number of nitrogens with zero attached hydrogens (tertiary/aromatic N) is 2. The second-order valence-corrected chi connectivity index (χ2v) is 11.0. The lowest BCUT2D eigenvalue weighted by atomic mass is 9.93. The number of carbonyl (C=O) groups excluding carboxylic acids is 1. The molecule has 0 radical (unpaired) electrons. The van der Waals surface area contributed by atoms with Crippen LogP contribution >= 0.6 is 22.9 Å². The summed E-state index contributed by atoms with van der Waals surface area (Å²) in [5.74, 6) is -0.808. The highest BCUT2D eigenvalue weighted by atomic mass is 35.5. The Hall–Kier alpha value is -4.99. The number of furan rings is 1. The van der Waals surface area contributed by atoms with Gasteiger partial charge in [0.1, 0.15) is 11.5 Å². The van der Waals surface area contributed by atoms with E-state index >= 15 is 0 Å². The summed E-state index contributed by atoms with van der Waals surface area (Å²) in [7, 11) is 0. The van der Waals surface area contributed by atoms with Gasteiger partial charge in [0, 0.05) is 17.2 Å². The van der Waals surface area contributed by atoms with Gasteiger partial charge in [0.25, 0.3) is 5.56 Å². The van der Waals surface area contributed by atoms with Gasteiger partial charge < -0.3 is 14.3 Å². The molecule has 10 heteroatoms. The van der Waals surface area contributed by atoms with Crippen LogP contribution in [-0.4, -0.2) is 28.2 Å². The lowest BCUT2D eigenvalue weighted by Crippen LogP contribution is -2.39. The van der Waals surface area contributed by atoms with Gasteiger partial charge in [0.2, 0.25) is 0 Å². The Bertz CT molecular complexity index is 2080. The molecule has 1 aliphatic rings. The van der Waals surface area contributed by atoms with Crippen LogP contribution in [0.15, 0.2) is 111 Å². The molecule has 6 rings (SSSR count). The maximum atomic E-state index is 14.0. The van der Waals surface area contributed by atoms with Crippen molar-refractivity contribution in [2.75, 3.05) is 6.61 Å². The zero-order valence-electron chi connectivity index (χ0n) is 22.7. The summed E-state index contributed by atoms with van der Waals surface area (Å²) in [6.07, 6.45) is 1.62. The molecule has 0 bridgehead atoms. The van der Waals surface area contributed by atoms with E-state index in [4.69, 9.17) is 25.7 Å². The maximum absolute atomic E-state index is 14.0. The van der Waals surface area contributed by atoms with Crippen molar-refractivity contribution in [1.82, 2.24) is 4.57 Å². The molecule has 43 heavy (non-hydrogen) atoms. The van der Waals surface area contributed by atoms with E-state index in [9.17, 15) is 19.5 Å². The molecule has 1 atom stereocenters. The third-order valence-electron chi connectivity index (χ3n) is 6.87. The first-order chi connectivity index (χ1) is 20.9. The molecule has 3 aromatic carbocycles. The Morgan fingerprint density at radius 2 is 1.74 bits per heavy atom. The zero-order chi connectivity index (χ0) is 30.1.